The molecule has 5 atom stereocenters. The van der Waals surface area contributed by atoms with Crippen LogP contribution in [0.1, 0.15) is 46.1 Å². The first-order valence-electron chi connectivity index (χ1n) is 14.5. The van der Waals surface area contributed by atoms with Crippen LogP contribution in [0.15, 0.2) is 30.3 Å². The molecule has 15 heteroatoms. The van der Waals surface area contributed by atoms with Crippen molar-refractivity contribution in [3.63, 3.8) is 0 Å². The molecular weight excluding hydrogens is 574 g/mol. The van der Waals surface area contributed by atoms with Gasteiger partial charge in [-0.15, -0.1) is 0 Å². The third-order valence-corrected chi connectivity index (χ3v) is 6.57. The van der Waals surface area contributed by atoms with E-state index >= 15 is 0 Å². The maximum absolute atomic E-state index is 13.5. The number of nitrogens with one attached hydrogen (secondary N) is 5. The van der Waals surface area contributed by atoms with E-state index in [0.29, 0.717) is 12.0 Å². The molecule has 15 nitrogen and oxygen atoms in total. The number of primary amides is 1. The lowest BCUT2D eigenvalue weighted by Crippen LogP contribution is -2.60. The van der Waals surface area contributed by atoms with E-state index in [1.54, 1.807) is 44.2 Å². The summed E-state index contributed by atoms with van der Waals surface area (Å²) in [6.07, 6.45) is -0.134. The Morgan fingerprint density at radius 3 is 1.91 bits per heavy atom. The number of aliphatic carboxylic acids is 1. The molecule has 1 aromatic carbocycles. The molecule has 1 rings (SSSR count). The number of hydrogen-bond donors (Lipinski definition) is 9. The number of carboxylic acids is 1. The van der Waals surface area contributed by atoms with E-state index in [-0.39, 0.29) is 31.3 Å². The van der Waals surface area contributed by atoms with Gasteiger partial charge in [0, 0.05) is 19.5 Å². The van der Waals surface area contributed by atoms with Gasteiger partial charge < -0.3 is 48.3 Å². The lowest BCUT2D eigenvalue weighted by molar-refractivity contribution is -0.140. The average molecular weight is 622 g/mol. The summed E-state index contributed by atoms with van der Waals surface area (Å²) in [5.41, 5.74) is 11.7. The van der Waals surface area contributed by atoms with Gasteiger partial charge in [0.15, 0.2) is 0 Å². The fraction of sp³-hybridized carbons (Fsp3) is 0.586. The summed E-state index contributed by atoms with van der Waals surface area (Å²) in [5.74, 6) is -4.98. The van der Waals surface area contributed by atoms with E-state index in [1.807, 2.05) is 13.8 Å². The van der Waals surface area contributed by atoms with Crippen LogP contribution in [0, 0.1) is 11.8 Å². The van der Waals surface area contributed by atoms with Crippen molar-refractivity contribution < 1.29 is 39.0 Å². The smallest absolute Gasteiger partial charge is 0.305 e. The van der Waals surface area contributed by atoms with Gasteiger partial charge in [0.1, 0.15) is 18.1 Å². The predicted molar refractivity (Wildman–Crippen MR) is 162 cm³/mol. The Hall–Kier alpha value is -4.08. The van der Waals surface area contributed by atoms with Crippen molar-refractivity contribution in [3.05, 3.63) is 35.9 Å². The van der Waals surface area contributed by atoms with Gasteiger partial charge in [0.05, 0.1) is 25.1 Å². The molecule has 44 heavy (non-hydrogen) atoms. The molecule has 246 valence electrons. The highest BCUT2D eigenvalue weighted by atomic mass is 16.4. The van der Waals surface area contributed by atoms with Crippen molar-refractivity contribution in [1.82, 2.24) is 26.6 Å². The van der Waals surface area contributed by atoms with E-state index < -0.39 is 78.7 Å². The number of aliphatic hydroxyl groups is 1. The minimum Gasteiger partial charge on any atom is -0.481 e. The maximum atomic E-state index is 13.5. The molecule has 0 aliphatic carbocycles. The van der Waals surface area contributed by atoms with Crippen LogP contribution in [0.3, 0.4) is 0 Å². The Balaban J connectivity index is 2.98. The highest BCUT2D eigenvalue weighted by Gasteiger charge is 2.31. The monoisotopic (exact) mass is 621 g/mol. The average Bonchev–Trinajstić information content (AvgIpc) is 2.94. The van der Waals surface area contributed by atoms with Crippen LogP contribution in [-0.2, 0) is 35.2 Å². The van der Waals surface area contributed by atoms with Crippen LogP contribution in [0.5, 0.6) is 0 Å². The van der Waals surface area contributed by atoms with Crippen molar-refractivity contribution in [2.75, 3.05) is 19.7 Å². The van der Waals surface area contributed by atoms with Crippen molar-refractivity contribution in [1.29, 1.82) is 0 Å². The van der Waals surface area contributed by atoms with Gasteiger partial charge in [-0.25, -0.2) is 0 Å². The summed E-state index contributed by atoms with van der Waals surface area (Å²) in [4.78, 5) is 74.3. The normalized spacial score (nSPS) is 14.5. The Morgan fingerprint density at radius 2 is 1.39 bits per heavy atom. The van der Waals surface area contributed by atoms with Gasteiger partial charge in [-0.3, -0.25) is 28.8 Å². The molecular formula is C29H47N7O8. The summed E-state index contributed by atoms with van der Waals surface area (Å²) in [6.45, 7) is 6.96. The van der Waals surface area contributed by atoms with Crippen LogP contribution >= 0.6 is 0 Å². The van der Waals surface area contributed by atoms with Crippen LogP contribution in [0.4, 0.5) is 0 Å². The summed E-state index contributed by atoms with van der Waals surface area (Å²) in [6, 6.07) is 3.01. The highest BCUT2D eigenvalue weighted by molar-refractivity contribution is 5.95. The van der Waals surface area contributed by atoms with Crippen LogP contribution in [0.2, 0.25) is 0 Å². The zero-order valence-electron chi connectivity index (χ0n) is 25.7. The number of rotatable bonds is 20. The van der Waals surface area contributed by atoms with Gasteiger partial charge in [-0.1, -0.05) is 58.0 Å². The second kappa shape index (κ2) is 19.2. The molecule has 0 bridgehead atoms. The Bertz CT molecular complexity index is 1120. The molecule has 0 saturated heterocycles. The van der Waals surface area contributed by atoms with Gasteiger partial charge >= 0.3 is 5.97 Å². The van der Waals surface area contributed by atoms with E-state index in [4.69, 9.17) is 16.6 Å². The van der Waals surface area contributed by atoms with E-state index in [1.165, 1.54) is 0 Å². The lowest BCUT2D eigenvalue weighted by Gasteiger charge is -2.27. The zero-order valence-corrected chi connectivity index (χ0v) is 25.7. The summed E-state index contributed by atoms with van der Waals surface area (Å²) in [7, 11) is 0. The van der Waals surface area contributed by atoms with Crippen molar-refractivity contribution in [3.8, 4) is 0 Å². The second-order valence-corrected chi connectivity index (χ2v) is 11.3. The number of benzene rings is 1. The van der Waals surface area contributed by atoms with Gasteiger partial charge in [-0.2, -0.15) is 0 Å². The molecule has 0 heterocycles. The largest absolute Gasteiger partial charge is 0.481 e. The predicted octanol–water partition coefficient (Wildman–Crippen LogP) is -2.26. The van der Waals surface area contributed by atoms with E-state index in [2.05, 4.69) is 26.6 Å². The van der Waals surface area contributed by atoms with E-state index in [0.717, 1.165) is 0 Å². The molecule has 0 saturated carbocycles. The number of carboxylic acid groups (broad SMARTS) is 1. The fourth-order valence-electron chi connectivity index (χ4n) is 4.19. The molecule has 11 N–H and O–H groups in total. The minimum absolute atomic E-state index is 0.0176. The first-order chi connectivity index (χ1) is 20.7. The number of aliphatic hydroxyl groups excluding tert-OH is 1. The summed E-state index contributed by atoms with van der Waals surface area (Å²) in [5, 5.41) is 31.7. The molecule has 0 aromatic heterocycles. The van der Waals surface area contributed by atoms with Crippen molar-refractivity contribution in [2.24, 2.45) is 23.3 Å². The van der Waals surface area contributed by atoms with Gasteiger partial charge in [0.2, 0.25) is 29.5 Å². The molecule has 0 aliphatic rings. The standard InChI is InChI=1S/C29H47N7O8/c1-16(2)12-20(25(31)40)32-10-11-33-29(44)24(17(3)4)36-27(42)21(13-18-8-6-5-7-9-18)34-28(43)22(15-37)35-26(41)19(30)14-23(38)39/h5-9,16-17,19-22,24,32,37H,10-15,30H2,1-4H3,(H2,31,40)(H,33,44)(H,34,43)(H,35,41)(H,36,42)(H,38,39)/t19-,20-,21-,22-,24-/m0/s1. The van der Waals surface area contributed by atoms with Crippen LogP contribution in [0.25, 0.3) is 0 Å². The van der Waals surface area contributed by atoms with Crippen molar-refractivity contribution >= 4 is 35.5 Å². The molecule has 0 unspecified atom stereocenters. The SMILES string of the molecule is CC(C)C[C@H](NCCNC(=O)[C@@H](NC(=O)[C@H](Cc1ccccc1)NC(=O)[C@H](CO)NC(=O)[C@@H](N)CC(=O)O)C(C)C)C(N)=O. The summed E-state index contributed by atoms with van der Waals surface area (Å²) < 4.78 is 0. The first-order valence-corrected chi connectivity index (χ1v) is 14.5. The van der Waals surface area contributed by atoms with E-state index in [9.17, 15) is 33.9 Å². The second-order valence-electron chi connectivity index (χ2n) is 11.3. The molecule has 0 fully saturated rings. The fourth-order valence-corrected chi connectivity index (χ4v) is 4.19. The Labute approximate surface area is 257 Å². The Morgan fingerprint density at radius 1 is 0.795 bits per heavy atom. The van der Waals surface area contributed by atoms with Crippen molar-refractivity contribution in [2.45, 2.75) is 77.2 Å². The molecule has 1 aromatic rings. The number of amides is 5. The number of nitrogens with two attached hydrogens (primary N) is 2. The third-order valence-electron chi connectivity index (χ3n) is 6.57. The molecule has 0 aliphatic heterocycles. The molecule has 0 radical (unpaired) electrons. The molecule has 0 spiro atoms. The number of hydrogen-bond acceptors (Lipinski definition) is 9. The first kappa shape index (κ1) is 37.9. The maximum Gasteiger partial charge on any atom is 0.305 e. The van der Waals surface area contributed by atoms with Crippen LogP contribution < -0.4 is 38.1 Å². The number of carbonyl (C=O) groups excluding carboxylic acids is 5. The highest BCUT2D eigenvalue weighted by Crippen LogP contribution is 2.08. The van der Waals surface area contributed by atoms with Gasteiger partial charge in [0.25, 0.3) is 0 Å². The topological polar surface area (TPSA) is 255 Å². The quantitative estimate of drug-likeness (QED) is 0.0706. The Kier molecular flexibility index (Phi) is 16.6. The zero-order chi connectivity index (χ0) is 33.4. The van der Waals surface area contributed by atoms with Crippen LogP contribution in [-0.4, -0.2) is 95.6 Å². The lowest BCUT2D eigenvalue weighted by atomic mass is 10.0. The third kappa shape index (κ3) is 13.9. The number of carbonyl (C=O) groups is 6. The molecule has 5 amide bonds. The minimum atomic E-state index is -1.52. The summed E-state index contributed by atoms with van der Waals surface area (Å²) >= 11 is 0. The van der Waals surface area contributed by atoms with Gasteiger partial charge in [-0.05, 0) is 23.8 Å².